The summed E-state index contributed by atoms with van der Waals surface area (Å²) in [6.07, 6.45) is 0. The number of carbonyl (C=O) groups is 1. The van der Waals surface area contributed by atoms with Crippen molar-refractivity contribution in [2.24, 2.45) is 11.7 Å². The molecular weight excluding hydrogens is 314 g/mol. The molecule has 0 heterocycles. The fraction of sp³-hybridized carbons (Fsp3) is 0.385. The number of sulfonamides is 1. The minimum Gasteiger partial charge on any atom is -0.369 e. The summed E-state index contributed by atoms with van der Waals surface area (Å²) in [6.45, 7) is 3.32. The van der Waals surface area contributed by atoms with Gasteiger partial charge >= 0.3 is 0 Å². The molecule has 1 aromatic rings. The van der Waals surface area contributed by atoms with Crippen LogP contribution in [0.15, 0.2) is 23.1 Å². The molecule has 21 heavy (non-hydrogen) atoms. The zero-order valence-corrected chi connectivity index (χ0v) is 13.3. The average molecular weight is 330 g/mol. The molecule has 0 saturated heterocycles. The van der Waals surface area contributed by atoms with Crippen molar-refractivity contribution in [2.75, 3.05) is 13.1 Å². The van der Waals surface area contributed by atoms with Crippen molar-refractivity contribution in [3.8, 4) is 6.07 Å². The van der Waals surface area contributed by atoms with E-state index in [9.17, 15) is 13.2 Å². The molecule has 2 N–H and O–H groups in total. The van der Waals surface area contributed by atoms with Crippen LogP contribution in [0.2, 0.25) is 5.02 Å². The van der Waals surface area contributed by atoms with Gasteiger partial charge in [0.15, 0.2) is 0 Å². The molecule has 0 radical (unpaired) electrons. The second-order valence-corrected chi connectivity index (χ2v) is 7.23. The Kier molecular flexibility index (Phi) is 5.72. The van der Waals surface area contributed by atoms with Gasteiger partial charge in [-0.15, -0.1) is 0 Å². The molecule has 1 aromatic carbocycles. The Morgan fingerprint density at radius 2 is 2.10 bits per heavy atom. The molecule has 1 rings (SSSR count). The molecule has 0 fully saturated rings. The Hall–Kier alpha value is -1.62. The van der Waals surface area contributed by atoms with Crippen molar-refractivity contribution in [3.05, 3.63) is 28.8 Å². The third-order valence-corrected chi connectivity index (χ3v) is 4.87. The Morgan fingerprint density at radius 1 is 1.48 bits per heavy atom. The lowest BCUT2D eigenvalue weighted by Crippen LogP contribution is -2.40. The number of nitrogens with zero attached hydrogens (tertiary/aromatic N) is 2. The molecule has 0 aliphatic carbocycles. The van der Waals surface area contributed by atoms with Crippen molar-refractivity contribution in [3.63, 3.8) is 0 Å². The zero-order chi connectivity index (χ0) is 16.2. The maximum atomic E-state index is 12.6. The van der Waals surface area contributed by atoms with Crippen LogP contribution in [-0.2, 0) is 14.8 Å². The fourth-order valence-corrected chi connectivity index (χ4v) is 3.81. The lowest BCUT2D eigenvalue weighted by Gasteiger charge is -2.23. The average Bonchev–Trinajstić information content (AvgIpc) is 2.37. The molecule has 0 spiro atoms. The van der Waals surface area contributed by atoms with Crippen molar-refractivity contribution in [2.45, 2.75) is 18.7 Å². The summed E-state index contributed by atoms with van der Waals surface area (Å²) in [5, 5.41) is 8.87. The van der Waals surface area contributed by atoms with E-state index in [1.165, 1.54) is 18.2 Å². The summed E-state index contributed by atoms with van der Waals surface area (Å²) in [7, 11) is -4.01. The standard InChI is InChI=1S/C13H16ClN3O3S/c1-9(2)7-17(8-13(16)18)21(19,20)12-5-10(6-15)3-4-11(12)14/h3-5,9H,7-8H2,1-2H3,(H2,16,18). The second kappa shape index (κ2) is 6.89. The highest BCUT2D eigenvalue weighted by Crippen LogP contribution is 2.26. The first-order valence-corrected chi connectivity index (χ1v) is 7.98. The van der Waals surface area contributed by atoms with Crippen molar-refractivity contribution in [1.29, 1.82) is 5.26 Å². The van der Waals surface area contributed by atoms with Gasteiger partial charge in [-0.2, -0.15) is 9.57 Å². The SMILES string of the molecule is CC(C)CN(CC(N)=O)S(=O)(=O)c1cc(C#N)ccc1Cl. The highest BCUT2D eigenvalue weighted by molar-refractivity contribution is 7.89. The van der Waals surface area contributed by atoms with Crippen molar-refractivity contribution < 1.29 is 13.2 Å². The molecule has 1 amide bonds. The summed E-state index contributed by atoms with van der Waals surface area (Å²) in [4.78, 5) is 10.9. The molecule has 0 saturated carbocycles. The first-order valence-electron chi connectivity index (χ1n) is 6.16. The summed E-state index contributed by atoms with van der Waals surface area (Å²) >= 11 is 5.92. The largest absolute Gasteiger partial charge is 0.369 e. The van der Waals surface area contributed by atoms with Gasteiger partial charge in [0.25, 0.3) is 0 Å². The van der Waals surface area contributed by atoms with Gasteiger partial charge in [0.05, 0.1) is 23.2 Å². The number of nitriles is 1. The van der Waals surface area contributed by atoms with Crippen LogP contribution in [0.5, 0.6) is 0 Å². The van der Waals surface area contributed by atoms with Crippen LogP contribution in [0.3, 0.4) is 0 Å². The molecule has 0 aliphatic rings. The lowest BCUT2D eigenvalue weighted by atomic mass is 10.2. The van der Waals surface area contributed by atoms with E-state index in [4.69, 9.17) is 22.6 Å². The molecule has 0 bridgehead atoms. The van der Waals surface area contributed by atoms with Crippen LogP contribution in [0.1, 0.15) is 19.4 Å². The summed E-state index contributed by atoms with van der Waals surface area (Å²) in [6, 6.07) is 5.80. The van der Waals surface area contributed by atoms with E-state index in [1.807, 2.05) is 19.9 Å². The molecule has 6 nitrogen and oxygen atoms in total. The second-order valence-electron chi connectivity index (χ2n) is 4.91. The van der Waals surface area contributed by atoms with Crippen LogP contribution in [-0.4, -0.2) is 31.7 Å². The van der Waals surface area contributed by atoms with Crippen molar-refractivity contribution >= 4 is 27.5 Å². The number of halogens is 1. The number of nitrogens with two attached hydrogens (primary N) is 1. The van der Waals surface area contributed by atoms with E-state index in [0.717, 1.165) is 4.31 Å². The van der Waals surface area contributed by atoms with Crippen LogP contribution >= 0.6 is 11.6 Å². The van der Waals surface area contributed by atoms with E-state index in [1.54, 1.807) is 0 Å². The predicted octanol–water partition coefficient (Wildman–Crippen LogP) is 1.34. The Bertz CT molecular complexity index is 680. The molecule has 0 aliphatic heterocycles. The highest BCUT2D eigenvalue weighted by atomic mass is 35.5. The molecule has 0 unspecified atom stereocenters. The summed E-state index contributed by atoms with van der Waals surface area (Å²) < 4.78 is 26.2. The monoisotopic (exact) mass is 329 g/mol. The quantitative estimate of drug-likeness (QED) is 0.850. The number of carbonyl (C=O) groups excluding carboxylic acids is 1. The van der Waals surface area contributed by atoms with Gasteiger partial charge in [-0.1, -0.05) is 25.4 Å². The fourth-order valence-electron chi connectivity index (χ4n) is 1.74. The van der Waals surface area contributed by atoms with Gasteiger partial charge in [0, 0.05) is 6.54 Å². The molecule has 114 valence electrons. The van der Waals surface area contributed by atoms with Gasteiger partial charge in [-0.3, -0.25) is 4.79 Å². The lowest BCUT2D eigenvalue weighted by molar-refractivity contribution is -0.118. The van der Waals surface area contributed by atoms with Crippen LogP contribution < -0.4 is 5.73 Å². The van der Waals surface area contributed by atoms with Crippen LogP contribution in [0, 0.1) is 17.2 Å². The van der Waals surface area contributed by atoms with E-state index in [0.29, 0.717) is 0 Å². The zero-order valence-electron chi connectivity index (χ0n) is 11.7. The van der Waals surface area contributed by atoms with E-state index in [2.05, 4.69) is 0 Å². The number of hydrogen-bond donors (Lipinski definition) is 1. The first kappa shape index (κ1) is 17.4. The van der Waals surface area contributed by atoms with Crippen molar-refractivity contribution in [1.82, 2.24) is 4.31 Å². The molecule has 8 heteroatoms. The topological polar surface area (TPSA) is 104 Å². The summed E-state index contributed by atoms with van der Waals surface area (Å²) in [5.74, 6) is -0.760. The number of rotatable bonds is 6. The van der Waals surface area contributed by atoms with E-state index in [-0.39, 0.29) is 27.9 Å². The van der Waals surface area contributed by atoms with Gasteiger partial charge in [-0.05, 0) is 24.1 Å². The molecule has 0 atom stereocenters. The minimum absolute atomic E-state index is 0.00273. The van der Waals surface area contributed by atoms with Gasteiger partial charge in [0.2, 0.25) is 15.9 Å². The maximum Gasteiger partial charge on any atom is 0.245 e. The van der Waals surface area contributed by atoms with Gasteiger partial charge in [-0.25, -0.2) is 8.42 Å². The van der Waals surface area contributed by atoms with E-state index < -0.39 is 22.5 Å². The molecular formula is C13H16ClN3O3S. The summed E-state index contributed by atoms with van der Waals surface area (Å²) in [5.41, 5.74) is 5.28. The minimum atomic E-state index is -4.01. The van der Waals surface area contributed by atoms with Crippen LogP contribution in [0.4, 0.5) is 0 Å². The predicted molar refractivity (Wildman–Crippen MR) is 79.0 cm³/mol. The highest BCUT2D eigenvalue weighted by Gasteiger charge is 2.28. The maximum absolute atomic E-state index is 12.6. The van der Waals surface area contributed by atoms with E-state index >= 15 is 0 Å². The Morgan fingerprint density at radius 3 is 2.57 bits per heavy atom. The third-order valence-electron chi connectivity index (χ3n) is 2.58. The normalized spacial score (nSPS) is 11.6. The molecule has 0 aromatic heterocycles. The third kappa shape index (κ3) is 4.43. The Labute approximate surface area is 129 Å². The Balaban J connectivity index is 3.34. The number of hydrogen-bond acceptors (Lipinski definition) is 4. The number of benzene rings is 1. The first-order chi connectivity index (χ1) is 9.68. The number of primary amides is 1. The van der Waals surface area contributed by atoms with Crippen LogP contribution in [0.25, 0.3) is 0 Å². The van der Waals surface area contributed by atoms with Gasteiger partial charge < -0.3 is 5.73 Å². The van der Waals surface area contributed by atoms with Gasteiger partial charge in [0.1, 0.15) is 4.90 Å². The smallest absolute Gasteiger partial charge is 0.245 e. The number of amides is 1.